The number of imidazole rings is 1. The zero-order valence-electron chi connectivity index (χ0n) is 20.8. The van der Waals surface area contributed by atoms with Gasteiger partial charge in [0.15, 0.2) is 22.8 Å². The average molecular weight is 545 g/mol. The van der Waals surface area contributed by atoms with Gasteiger partial charge in [-0.15, -0.1) is 5.10 Å². The molecule has 204 valence electrons. The van der Waals surface area contributed by atoms with E-state index in [1.165, 1.54) is 15.1 Å². The molecule has 0 aromatic carbocycles. The van der Waals surface area contributed by atoms with Gasteiger partial charge in [-0.25, -0.2) is 32.0 Å². The predicted octanol–water partition coefficient (Wildman–Crippen LogP) is 2.55. The van der Waals surface area contributed by atoms with Gasteiger partial charge in [0.25, 0.3) is 6.43 Å². The van der Waals surface area contributed by atoms with Gasteiger partial charge < -0.3 is 20.4 Å². The highest BCUT2D eigenvalue weighted by Crippen LogP contribution is 2.33. The lowest BCUT2D eigenvalue weighted by atomic mass is 9.92. The van der Waals surface area contributed by atoms with Crippen LogP contribution in [0.4, 0.5) is 29.3 Å². The molecule has 2 atom stereocenters. The number of aryl methyl sites for hydroxylation is 1. The molecule has 3 N–H and O–H groups in total. The molecular formula is C24H24F4N10O. The van der Waals surface area contributed by atoms with Crippen molar-refractivity contribution in [2.75, 3.05) is 37.4 Å². The van der Waals surface area contributed by atoms with Gasteiger partial charge in [0.05, 0.1) is 49.3 Å². The number of anilines is 2. The van der Waals surface area contributed by atoms with Crippen LogP contribution in [0, 0.1) is 24.1 Å². The maximum absolute atomic E-state index is 15.2. The molecule has 15 heteroatoms. The number of alkyl halides is 3. The minimum Gasteiger partial charge on any atom is -0.382 e. The molecule has 11 nitrogen and oxygen atoms in total. The Balaban J connectivity index is 1.29. The number of aromatic nitrogens is 6. The maximum Gasteiger partial charge on any atom is 0.256 e. The summed E-state index contributed by atoms with van der Waals surface area (Å²) < 4.78 is 64.2. The first-order valence-electron chi connectivity index (χ1n) is 12.3. The van der Waals surface area contributed by atoms with Crippen LogP contribution in [0.3, 0.4) is 0 Å². The Kier molecular flexibility index (Phi) is 6.03. The second-order valence-corrected chi connectivity index (χ2v) is 9.80. The summed E-state index contributed by atoms with van der Waals surface area (Å²) in [4.78, 5) is 14.7. The van der Waals surface area contributed by atoms with Crippen LogP contribution >= 0.6 is 0 Å². The first-order chi connectivity index (χ1) is 18.7. The van der Waals surface area contributed by atoms with Gasteiger partial charge in [-0.2, -0.15) is 10.2 Å². The Labute approximate surface area is 219 Å². The zero-order valence-corrected chi connectivity index (χ0v) is 20.8. The number of piperidine rings is 1. The van der Waals surface area contributed by atoms with Gasteiger partial charge in [-0.3, -0.25) is 4.90 Å². The van der Waals surface area contributed by atoms with E-state index in [1.54, 1.807) is 17.9 Å². The van der Waals surface area contributed by atoms with E-state index >= 15 is 8.78 Å². The van der Waals surface area contributed by atoms with Gasteiger partial charge >= 0.3 is 0 Å². The molecule has 0 saturated carbocycles. The van der Waals surface area contributed by atoms with Crippen molar-refractivity contribution < 1.29 is 22.3 Å². The minimum atomic E-state index is -2.62. The number of nitrogens with two attached hydrogens (primary N) is 1. The first-order valence-corrected chi connectivity index (χ1v) is 12.3. The van der Waals surface area contributed by atoms with Crippen LogP contribution in [-0.2, 0) is 11.3 Å². The van der Waals surface area contributed by atoms with Crippen molar-refractivity contribution in [3.05, 3.63) is 30.0 Å². The number of nitrogens with one attached hydrogen (secondary N) is 1. The van der Waals surface area contributed by atoms with Crippen LogP contribution in [-0.4, -0.2) is 84.5 Å². The number of halogens is 4. The number of fused-ring (bicyclic) bond motifs is 2. The smallest absolute Gasteiger partial charge is 0.256 e. The van der Waals surface area contributed by atoms with E-state index in [0.29, 0.717) is 24.3 Å². The highest BCUT2D eigenvalue weighted by atomic mass is 19.3. The normalized spacial score (nSPS) is 21.4. The molecule has 2 fully saturated rings. The van der Waals surface area contributed by atoms with Crippen LogP contribution in [0.25, 0.3) is 27.9 Å². The van der Waals surface area contributed by atoms with Gasteiger partial charge in [0, 0.05) is 13.1 Å². The molecule has 2 aliphatic heterocycles. The van der Waals surface area contributed by atoms with E-state index in [2.05, 4.69) is 31.4 Å². The van der Waals surface area contributed by atoms with E-state index in [0.717, 1.165) is 6.20 Å². The molecule has 0 aliphatic carbocycles. The lowest BCUT2D eigenvalue weighted by molar-refractivity contribution is -0.121. The molecule has 0 radical (unpaired) electrons. The third-order valence-electron chi connectivity index (χ3n) is 7.32. The van der Waals surface area contributed by atoms with Crippen LogP contribution in [0.15, 0.2) is 18.3 Å². The Morgan fingerprint density at radius 3 is 2.74 bits per heavy atom. The summed E-state index contributed by atoms with van der Waals surface area (Å²) in [6, 6.07) is 4.68. The van der Waals surface area contributed by atoms with Crippen LogP contribution in [0.5, 0.6) is 0 Å². The number of nitrogens with zero attached hydrogens (tertiary/aromatic N) is 8. The van der Waals surface area contributed by atoms with Gasteiger partial charge in [-0.05, 0) is 25.5 Å². The van der Waals surface area contributed by atoms with Gasteiger partial charge in [-0.1, -0.05) is 0 Å². The second kappa shape index (κ2) is 9.31. The van der Waals surface area contributed by atoms with E-state index in [9.17, 15) is 14.0 Å². The SMILES string of the molecule is Cc1nc2ccc(-c3c(F)cn4nc(N[C@H]5CCN(C6(C#N)COC6)C[C@H]5F)nc(N)c34)nc2n1CC(F)F. The lowest BCUT2D eigenvalue weighted by Gasteiger charge is -2.48. The Hall–Kier alpha value is -4.03. The standard InChI is InChI=1S/C24H24F4N10O/c1-12-31-17-3-2-16(32-22(17)37(12)8-18(27)28)19-14(26)7-38-20(19)21(30)34-23(35-38)33-15-4-5-36(6-13(15)25)24(9-29)10-39-11-24/h2-3,7,13,15,18H,4-6,8,10-11H2,1H3,(H3,30,33,34,35)/t13-,15+/m1/s1. The molecule has 0 unspecified atom stereocenters. The Bertz CT molecular complexity index is 1610. The Morgan fingerprint density at radius 1 is 1.28 bits per heavy atom. The van der Waals surface area contributed by atoms with Gasteiger partial charge in [0.2, 0.25) is 5.95 Å². The molecule has 0 spiro atoms. The number of pyridine rings is 1. The fraction of sp³-hybridized carbons (Fsp3) is 0.458. The largest absolute Gasteiger partial charge is 0.382 e. The fourth-order valence-corrected chi connectivity index (χ4v) is 5.23. The third kappa shape index (κ3) is 4.20. The van der Waals surface area contributed by atoms with Crippen LogP contribution in [0.1, 0.15) is 12.2 Å². The quantitative estimate of drug-likeness (QED) is 0.351. The predicted molar refractivity (Wildman–Crippen MR) is 132 cm³/mol. The number of ether oxygens (including phenoxy) is 1. The van der Waals surface area contributed by atoms with E-state index in [1.807, 2.05) is 0 Å². The first kappa shape index (κ1) is 25.3. The van der Waals surface area contributed by atoms with Crippen molar-refractivity contribution in [2.45, 2.75) is 44.1 Å². The summed E-state index contributed by atoms with van der Waals surface area (Å²) in [6.45, 7) is 2.02. The van der Waals surface area contributed by atoms with E-state index < -0.39 is 36.5 Å². The number of hydrogen-bond donors (Lipinski definition) is 2. The molecule has 4 aromatic heterocycles. The number of hydrogen-bond acceptors (Lipinski definition) is 9. The molecule has 2 aliphatic rings. The molecular weight excluding hydrogens is 520 g/mol. The highest BCUT2D eigenvalue weighted by Gasteiger charge is 2.48. The van der Waals surface area contributed by atoms with Crippen molar-refractivity contribution in [2.24, 2.45) is 0 Å². The summed E-state index contributed by atoms with van der Waals surface area (Å²) in [5.41, 5.74) is 6.29. The van der Waals surface area contributed by atoms with Crippen molar-refractivity contribution in [1.82, 2.24) is 34.0 Å². The number of rotatable bonds is 6. The molecule has 4 aromatic rings. The zero-order chi connectivity index (χ0) is 27.5. The van der Waals surface area contributed by atoms with Crippen LogP contribution in [0.2, 0.25) is 0 Å². The summed E-state index contributed by atoms with van der Waals surface area (Å²) in [7, 11) is 0. The molecule has 6 rings (SSSR count). The molecule has 6 heterocycles. The topological polar surface area (TPSA) is 135 Å². The molecule has 39 heavy (non-hydrogen) atoms. The van der Waals surface area contributed by atoms with Gasteiger partial charge in [0.1, 0.15) is 23.0 Å². The van der Waals surface area contributed by atoms with Crippen molar-refractivity contribution in [3.8, 4) is 17.3 Å². The van der Waals surface area contributed by atoms with Crippen LogP contribution < -0.4 is 11.1 Å². The second-order valence-electron chi connectivity index (χ2n) is 9.80. The number of nitrogen functional groups attached to an aromatic ring is 1. The summed E-state index contributed by atoms with van der Waals surface area (Å²) in [5, 5.41) is 16.7. The van der Waals surface area contributed by atoms with Crippen molar-refractivity contribution in [1.29, 1.82) is 5.26 Å². The molecule has 2 saturated heterocycles. The summed E-state index contributed by atoms with van der Waals surface area (Å²) in [5.74, 6) is -0.401. The van der Waals surface area contributed by atoms with Crippen molar-refractivity contribution >= 4 is 28.4 Å². The third-order valence-corrected chi connectivity index (χ3v) is 7.32. The summed E-state index contributed by atoms with van der Waals surface area (Å²) >= 11 is 0. The number of likely N-dealkylation sites (tertiary alicyclic amines) is 1. The monoisotopic (exact) mass is 544 g/mol. The molecule has 0 bridgehead atoms. The maximum atomic E-state index is 15.2. The average Bonchev–Trinajstić information content (AvgIpc) is 3.35. The molecule has 0 amide bonds. The van der Waals surface area contributed by atoms with E-state index in [4.69, 9.17) is 10.5 Å². The fourth-order valence-electron chi connectivity index (χ4n) is 5.23. The van der Waals surface area contributed by atoms with E-state index in [-0.39, 0.29) is 53.9 Å². The summed E-state index contributed by atoms with van der Waals surface area (Å²) in [6.07, 6.45) is -2.46. The number of nitriles is 1. The lowest BCUT2D eigenvalue weighted by Crippen LogP contribution is -2.65. The minimum absolute atomic E-state index is 0.00425. The van der Waals surface area contributed by atoms with Crippen molar-refractivity contribution in [3.63, 3.8) is 0 Å². The Morgan fingerprint density at radius 2 is 2.08 bits per heavy atom. The highest BCUT2D eigenvalue weighted by molar-refractivity contribution is 5.89.